The van der Waals surface area contributed by atoms with Crippen LogP contribution in [0.1, 0.15) is 5.56 Å². The van der Waals surface area contributed by atoms with Crippen LogP contribution < -0.4 is 14.2 Å². The van der Waals surface area contributed by atoms with Gasteiger partial charge in [-0.05, 0) is 6.07 Å². The molecular weight excluding hydrogens is 184 g/mol. The Morgan fingerprint density at radius 3 is 2.71 bits per heavy atom. The number of rotatable bonds is 2. The average Bonchev–Trinajstić information content (AvgIpc) is 2.56. The molecule has 0 saturated carbocycles. The van der Waals surface area contributed by atoms with Crippen LogP contribution in [0.3, 0.4) is 0 Å². The summed E-state index contributed by atoms with van der Waals surface area (Å²) in [4.78, 5) is 11.0. The highest BCUT2D eigenvalue weighted by Crippen LogP contribution is 2.42. The van der Waals surface area contributed by atoms with Crippen molar-refractivity contribution >= 4 is 5.97 Å². The fourth-order valence-corrected chi connectivity index (χ4v) is 1.50. The topological polar surface area (TPSA) is 44.8 Å². The normalized spacial score (nSPS) is 13.4. The van der Waals surface area contributed by atoms with Gasteiger partial charge < -0.3 is 14.2 Å². The molecule has 1 aliphatic heterocycles. The molecule has 0 bridgehead atoms. The lowest BCUT2D eigenvalue weighted by atomic mass is 10.1. The van der Waals surface area contributed by atoms with Gasteiger partial charge >= 0.3 is 5.97 Å². The Bertz CT molecular complexity index is 384. The van der Waals surface area contributed by atoms with E-state index in [1.807, 2.05) is 6.07 Å². The molecule has 0 unspecified atom stereocenters. The van der Waals surface area contributed by atoms with E-state index in [0.717, 1.165) is 5.56 Å². The molecule has 1 aliphatic rings. The first-order chi connectivity index (χ1) is 6.76. The highest BCUT2D eigenvalue weighted by atomic mass is 16.6. The van der Waals surface area contributed by atoms with Crippen molar-refractivity contribution in [2.24, 2.45) is 0 Å². The van der Waals surface area contributed by atoms with Gasteiger partial charge in [-0.25, -0.2) is 0 Å². The van der Waals surface area contributed by atoms with Crippen molar-refractivity contribution in [2.45, 2.75) is 6.42 Å². The van der Waals surface area contributed by atoms with Crippen LogP contribution in [-0.4, -0.2) is 20.2 Å². The first-order valence-corrected chi connectivity index (χ1v) is 4.20. The van der Waals surface area contributed by atoms with Crippen molar-refractivity contribution in [3.63, 3.8) is 0 Å². The fraction of sp³-hybridized carbons (Fsp3) is 0.300. The monoisotopic (exact) mass is 194 g/mol. The zero-order valence-corrected chi connectivity index (χ0v) is 7.99. The summed E-state index contributed by atoms with van der Waals surface area (Å²) in [7, 11) is 3.06. The van der Waals surface area contributed by atoms with Crippen molar-refractivity contribution in [3.05, 3.63) is 17.7 Å². The van der Waals surface area contributed by atoms with E-state index in [2.05, 4.69) is 0 Å². The van der Waals surface area contributed by atoms with E-state index in [4.69, 9.17) is 14.2 Å². The van der Waals surface area contributed by atoms with Crippen molar-refractivity contribution in [1.82, 2.24) is 0 Å². The van der Waals surface area contributed by atoms with Crippen molar-refractivity contribution in [1.29, 1.82) is 0 Å². The van der Waals surface area contributed by atoms with Crippen LogP contribution in [0, 0.1) is 0 Å². The summed E-state index contributed by atoms with van der Waals surface area (Å²) in [6.07, 6.45) is 0.301. The molecule has 14 heavy (non-hydrogen) atoms. The Balaban J connectivity index is 2.54. The van der Waals surface area contributed by atoms with Gasteiger partial charge in [0.2, 0.25) is 5.75 Å². The van der Waals surface area contributed by atoms with Crippen LogP contribution >= 0.6 is 0 Å². The maximum absolute atomic E-state index is 11.0. The molecule has 1 heterocycles. The van der Waals surface area contributed by atoms with Gasteiger partial charge in [0.25, 0.3) is 0 Å². The smallest absolute Gasteiger partial charge is 0.315 e. The Kier molecular flexibility index (Phi) is 2.04. The van der Waals surface area contributed by atoms with E-state index in [0.29, 0.717) is 23.7 Å². The molecule has 1 aromatic carbocycles. The lowest BCUT2D eigenvalue weighted by Gasteiger charge is -2.09. The summed E-state index contributed by atoms with van der Waals surface area (Å²) in [5.41, 5.74) is 0.840. The predicted molar refractivity (Wildman–Crippen MR) is 48.9 cm³/mol. The molecular formula is C10H10O4. The molecule has 1 aromatic rings. The first kappa shape index (κ1) is 8.87. The zero-order valence-electron chi connectivity index (χ0n) is 7.99. The summed E-state index contributed by atoms with van der Waals surface area (Å²) in [5.74, 6) is 1.28. The van der Waals surface area contributed by atoms with E-state index in [9.17, 15) is 4.79 Å². The van der Waals surface area contributed by atoms with E-state index in [1.54, 1.807) is 13.2 Å². The molecule has 0 atom stereocenters. The third-order valence-electron chi connectivity index (χ3n) is 2.13. The minimum atomic E-state index is -0.258. The maximum atomic E-state index is 11.0. The number of methoxy groups -OCH3 is 2. The molecule has 74 valence electrons. The van der Waals surface area contributed by atoms with Gasteiger partial charge in [0.05, 0.1) is 20.6 Å². The van der Waals surface area contributed by atoms with Gasteiger partial charge in [0.1, 0.15) is 0 Å². The first-order valence-electron chi connectivity index (χ1n) is 4.20. The van der Waals surface area contributed by atoms with E-state index >= 15 is 0 Å². The summed E-state index contributed by atoms with van der Waals surface area (Å²) < 4.78 is 15.2. The molecule has 0 radical (unpaired) electrons. The van der Waals surface area contributed by atoms with Gasteiger partial charge in [0, 0.05) is 5.56 Å². The van der Waals surface area contributed by atoms with Crippen LogP contribution in [0.15, 0.2) is 12.1 Å². The van der Waals surface area contributed by atoms with Gasteiger partial charge in [0.15, 0.2) is 11.5 Å². The number of hydrogen-bond donors (Lipinski definition) is 0. The minimum absolute atomic E-state index is 0.258. The fourth-order valence-electron chi connectivity index (χ4n) is 1.50. The molecule has 0 spiro atoms. The summed E-state index contributed by atoms with van der Waals surface area (Å²) in [6, 6.07) is 3.57. The number of hydrogen-bond acceptors (Lipinski definition) is 4. The average molecular weight is 194 g/mol. The Morgan fingerprint density at radius 2 is 2.07 bits per heavy atom. The maximum Gasteiger partial charge on any atom is 0.315 e. The second kappa shape index (κ2) is 3.21. The van der Waals surface area contributed by atoms with E-state index in [-0.39, 0.29) is 5.97 Å². The van der Waals surface area contributed by atoms with Crippen LogP contribution in [-0.2, 0) is 11.2 Å². The third-order valence-corrected chi connectivity index (χ3v) is 2.13. The highest BCUT2D eigenvalue weighted by Gasteiger charge is 2.26. The quantitative estimate of drug-likeness (QED) is 0.523. The summed E-state index contributed by atoms with van der Waals surface area (Å²) in [5, 5.41) is 0. The molecule has 2 rings (SSSR count). The second-order valence-electron chi connectivity index (χ2n) is 2.94. The van der Waals surface area contributed by atoms with Crippen LogP contribution in [0.5, 0.6) is 17.2 Å². The molecule has 0 aromatic heterocycles. The van der Waals surface area contributed by atoms with Crippen molar-refractivity contribution < 1.29 is 19.0 Å². The lowest BCUT2D eigenvalue weighted by Crippen LogP contribution is -2.01. The van der Waals surface area contributed by atoms with Gasteiger partial charge in [-0.2, -0.15) is 0 Å². The molecule has 0 N–H and O–H groups in total. The third kappa shape index (κ3) is 1.19. The van der Waals surface area contributed by atoms with E-state index < -0.39 is 0 Å². The molecule has 0 fully saturated rings. The summed E-state index contributed by atoms with van der Waals surface area (Å²) >= 11 is 0. The number of benzene rings is 1. The Hall–Kier alpha value is -1.71. The number of carbonyl (C=O) groups excluding carboxylic acids is 1. The van der Waals surface area contributed by atoms with Gasteiger partial charge in [-0.1, -0.05) is 6.07 Å². The van der Waals surface area contributed by atoms with Crippen LogP contribution in [0.2, 0.25) is 0 Å². The summed E-state index contributed by atoms with van der Waals surface area (Å²) in [6.45, 7) is 0. The molecule has 0 aliphatic carbocycles. The van der Waals surface area contributed by atoms with Crippen molar-refractivity contribution in [2.75, 3.05) is 14.2 Å². The molecule has 4 nitrogen and oxygen atoms in total. The number of fused-ring (bicyclic) bond motifs is 1. The zero-order chi connectivity index (χ0) is 10.1. The lowest BCUT2D eigenvalue weighted by molar-refractivity contribution is -0.131. The minimum Gasteiger partial charge on any atom is -0.493 e. The second-order valence-corrected chi connectivity index (χ2v) is 2.94. The van der Waals surface area contributed by atoms with Gasteiger partial charge in [-0.15, -0.1) is 0 Å². The van der Waals surface area contributed by atoms with Crippen LogP contribution in [0.4, 0.5) is 0 Å². The standard InChI is InChI=1S/C10H10O4/c1-12-7-4-3-6-5-8(11)14-9(6)10(7)13-2/h3-4H,5H2,1-2H3. The predicted octanol–water partition coefficient (Wildman–Crippen LogP) is 1.17. The SMILES string of the molecule is COc1ccc2c(c1OC)OC(=O)C2. The van der Waals surface area contributed by atoms with Gasteiger partial charge in [-0.3, -0.25) is 4.79 Å². The van der Waals surface area contributed by atoms with Crippen LogP contribution in [0.25, 0.3) is 0 Å². The van der Waals surface area contributed by atoms with Crippen molar-refractivity contribution in [3.8, 4) is 17.2 Å². The number of esters is 1. The largest absolute Gasteiger partial charge is 0.493 e. The highest BCUT2D eigenvalue weighted by molar-refractivity contribution is 5.83. The number of carbonyl (C=O) groups is 1. The molecule has 0 saturated heterocycles. The molecule has 4 heteroatoms. The Labute approximate surface area is 81.4 Å². The number of ether oxygens (including phenoxy) is 3. The van der Waals surface area contributed by atoms with E-state index in [1.165, 1.54) is 7.11 Å². The Morgan fingerprint density at radius 1 is 1.29 bits per heavy atom. The molecule has 0 amide bonds.